The summed E-state index contributed by atoms with van der Waals surface area (Å²) in [7, 11) is 3.18. The molecular weight excluding hydrogens is 448 g/mol. The molecule has 3 aromatic rings. The second kappa shape index (κ2) is 11.2. The van der Waals surface area contributed by atoms with Gasteiger partial charge in [0.25, 0.3) is 0 Å². The fourth-order valence-electron chi connectivity index (χ4n) is 4.42. The van der Waals surface area contributed by atoms with E-state index in [0.717, 1.165) is 30.6 Å². The maximum Gasteiger partial charge on any atom is 0.248 e. The predicted molar refractivity (Wildman–Crippen MR) is 135 cm³/mol. The summed E-state index contributed by atoms with van der Waals surface area (Å²) in [5.41, 5.74) is 1.30. The first-order valence-corrected chi connectivity index (χ1v) is 12.4. The Bertz CT molecular complexity index is 1110. The first-order chi connectivity index (χ1) is 16.6. The summed E-state index contributed by atoms with van der Waals surface area (Å²) < 4.78 is 10.9. The summed E-state index contributed by atoms with van der Waals surface area (Å²) in [6.45, 7) is 0. The molecular formula is C27H30N2O4S. The molecule has 34 heavy (non-hydrogen) atoms. The number of hydrogen-bond acceptors (Lipinski definition) is 5. The number of carbonyl (C=O) groups excluding carboxylic acids is 2. The number of methoxy groups -OCH3 is 2. The molecule has 1 saturated carbocycles. The quantitative estimate of drug-likeness (QED) is 0.462. The summed E-state index contributed by atoms with van der Waals surface area (Å²) in [5, 5.41) is 5.15. The van der Waals surface area contributed by atoms with Crippen LogP contribution in [0.15, 0.2) is 66.0 Å². The SMILES string of the molecule is COc1cccc([C@H](C(=O)NC2CCCC2)N(C(=O)Cc2cccs2)c2cccc(OC)c2)c1. The van der Waals surface area contributed by atoms with Crippen molar-refractivity contribution >= 4 is 28.8 Å². The topological polar surface area (TPSA) is 67.9 Å². The molecule has 1 N–H and O–H groups in total. The van der Waals surface area contributed by atoms with E-state index in [1.54, 1.807) is 25.2 Å². The Kier molecular flexibility index (Phi) is 7.85. The van der Waals surface area contributed by atoms with Gasteiger partial charge in [-0.15, -0.1) is 11.3 Å². The predicted octanol–water partition coefficient (Wildman–Crippen LogP) is 5.14. The van der Waals surface area contributed by atoms with Crippen molar-refractivity contribution in [2.45, 2.75) is 44.2 Å². The Morgan fingerprint density at radius 2 is 1.71 bits per heavy atom. The van der Waals surface area contributed by atoms with E-state index < -0.39 is 6.04 Å². The molecule has 1 fully saturated rings. The molecule has 2 aromatic carbocycles. The lowest BCUT2D eigenvalue weighted by Gasteiger charge is -2.32. The molecule has 6 nitrogen and oxygen atoms in total. The number of amides is 2. The molecule has 178 valence electrons. The minimum atomic E-state index is -0.852. The number of hydrogen-bond donors (Lipinski definition) is 1. The average Bonchev–Trinajstić information content (AvgIpc) is 3.56. The molecule has 7 heteroatoms. The smallest absolute Gasteiger partial charge is 0.248 e. The minimum absolute atomic E-state index is 0.125. The Morgan fingerprint density at radius 1 is 1.00 bits per heavy atom. The molecule has 0 aliphatic heterocycles. The van der Waals surface area contributed by atoms with Gasteiger partial charge in [0.2, 0.25) is 11.8 Å². The highest BCUT2D eigenvalue weighted by molar-refractivity contribution is 7.10. The van der Waals surface area contributed by atoms with Gasteiger partial charge in [-0.3, -0.25) is 14.5 Å². The highest BCUT2D eigenvalue weighted by Gasteiger charge is 2.34. The average molecular weight is 479 g/mol. The third-order valence-corrected chi connectivity index (χ3v) is 7.00. The second-order valence-electron chi connectivity index (χ2n) is 8.39. The monoisotopic (exact) mass is 478 g/mol. The summed E-state index contributed by atoms with van der Waals surface area (Å²) in [5.74, 6) is 0.895. The van der Waals surface area contributed by atoms with Crippen molar-refractivity contribution in [2.24, 2.45) is 0 Å². The van der Waals surface area contributed by atoms with Gasteiger partial charge in [-0.25, -0.2) is 0 Å². The van der Waals surface area contributed by atoms with Crippen molar-refractivity contribution in [1.82, 2.24) is 5.32 Å². The minimum Gasteiger partial charge on any atom is -0.497 e. The molecule has 0 unspecified atom stereocenters. The number of thiophene rings is 1. The summed E-state index contributed by atoms with van der Waals surface area (Å²) in [4.78, 5) is 30.1. The zero-order valence-corrected chi connectivity index (χ0v) is 20.3. The van der Waals surface area contributed by atoms with Crippen molar-refractivity contribution in [1.29, 1.82) is 0 Å². The Hall–Kier alpha value is -3.32. The standard InChI is InChI=1S/C27H30N2O4S/c1-32-22-12-5-8-19(16-22)26(27(31)28-20-9-3-4-10-20)29(21-11-6-13-23(17-21)33-2)25(30)18-24-14-7-15-34-24/h5-8,11-17,20,26H,3-4,9-10,18H2,1-2H3,(H,28,31)/t26-/m1/s1. The van der Waals surface area contributed by atoms with E-state index in [4.69, 9.17) is 9.47 Å². The van der Waals surface area contributed by atoms with Gasteiger partial charge in [-0.2, -0.15) is 0 Å². The normalized spacial score (nSPS) is 14.4. The highest BCUT2D eigenvalue weighted by atomic mass is 32.1. The van der Waals surface area contributed by atoms with Crippen molar-refractivity contribution in [3.05, 3.63) is 76.5 Å². The van der Waals surface area contributed by atoms with Gasteiger partial charge >= 0.3 is 0 Å². The lowest BCUT2D eigenvalue weighted by atomic mass is 10.0. The van der Waals surface area contributed by atoms with Gasteiger partial charge in [0, 0.05) is 22.7 Å². The van der Waals surface area contributed by atoms with Gasteiger partial charge < -0.3 is 14.8 Å². The van der Waals surface area contributed by atoms with Crippen LogP contribution >= 0.6 is 11.3 Å². The fourth-order valence-corrected chi connectivity index (χ4v) is 5.12. The summed E-state index contributed by atoms with van der Waals surface area (Å²) in [6, 6.07) is 17.8. The number of nitrogens with one attached hydrogen (secondary N) is 1. The summed E-state index contributed by atoms with van der Waals surface area (Å²) in [6.07, 6.45) is 4.32. The number of ether oxygens (including phenoxy) is 2. The van der Waals surface area contributed by atoms with Crippen molar-refractivity contribution in [3.63, 3.8) is 0 Å². The fraction of sp³-hybridized carbons (Fsp3) is 0.333. The van der Waals surface area contributed by atoms with E-state index in [9.17, 15) is 9.59 Å². The van der Waals surface area contributed by atoms with Crippen LogP contribution in [0.1, 0.15) is 42.2 Å². The lowest BCUT2D eigenvalue weighted by molar-refractivity contribution is -0.127. The van der Waals surface area contributed by atoms with E-state index in [0.29, 0.717) is 22.7 Å². The maximum atomic E-state index is 13.8. The van der Waals surface area contributed by atoms with E-state index in [1.165, 1.54) is 11.3 Å². The number of anilines is 1. The Balaban J connectivity index is 1.79. The number of rotatable bonds is 9. The van der Waals surface area contributed by atoms with Crippen molar-refractivity contribution in [2.75, 3.05) is 19.1 Å². The van der Waals surface area contributed by atoms with Crippen LogP contribution < -0.4 is 19.7 Å². The van der Waals surface area contributed by atoms with Gasteiger partial charge in [-0.05, 0) is 54.1 Å². The summed E-state index contributed by atoms with van der Waals surface area (Å²) >= 11 is 1.53. The van der Waals surface area contributed by atoms with E-state index in [1.807, 2.05) is 60.0 Å². The number of carbonyl (C=O) groups is 2. The third kappa shape index (κ3) is 5.59. The molecule has 0 spiro atoms. The molecule has 1 heterocycles. The van der Waals surface area contributed by atoms with Gasteiger partial charge in [0.1, 0.15) is 17.5 Å². The third-order valence-electron chi connectivity index (χ3n) is 6.12. The molecule has 0 bridgehead atoms. The van der Waals surface area contributed by atoms with Crippen LogP contribution in [0.5, 0.6) is 11.5 Å². The largest absolute Gasteiger partial charge is 0.497 e. The molecule has 0 saturated heterocycles. The number of benzene rings is 2. The van der Waals surface area contributed by atoms with Crippen LogP contribution in [0, 0.1) is 0 Å². The maximum absolute atomic E-state index is 13.8. The van der Waals surface area contributed by atoms with E-state index in [2.05, 4.69) is 5.32 Å². The highest BCUT2D eigenvalue weighted by Crippen LogP contribution is 2.33. The van der Waals surface area contributed by atoms with Crippen LogP contribution in [0.4, 0.5) is 5.69 Å². The van der Waals surface area contributed by atoms with Crippen LogP contribution in [0.3, 0.4) is 0 Å². The molecule has 4 rings (SSSR count). The van der Waals surface area contributed by atoms with Crippen molar-refractivity contribution < 1.29 is 19.1 Å². The second-order valence-corrected chi connectivity index (χ2v) is 9.42. The molecule has 1 aromatic heterocycles. The zero-order valence-electron chi connectivity index (χ0n) is 19.5. The molecule has 1 atom stereocenters. The van der Waals surface area contributed by atoms with Gasteiger partial charge in [0.05, 0.1) is 20.6 Å². The van der Waals surface area contributed by atoms with Crippen LogP contribution in [0.25, 0.3) is 0 Å². The van der Waals surface area contributed by atoms with Crippen LogP contribution in [-0.2, 0) is 16.0 Å². The van der Waals surface area contributed by atoms with Crippen LogP contribution in [0.2, 0.25) is 0 Å². The molecule has 0 radical (unpaired) electrons. The van der Waals surface area contributed by atoms with Crippen LogP contribution in [-0.4, -0.2) is 32.1 Å². The first kappa shape index (κ1) is 23.8. The molecule has 2 amide bonds. The molecule has 1 aliphatic rings. The van der Waals surface area contributed by atoms with E-state index >= 15 is 0 Å². The first-order valence-electron chi connectivity index (χ1n) is 11.5. The molecule has 1 aliphatic carbocycles. The number of nitrogens with zero attached hydrogens (tertiary/aromatic N) is 1. The Morgan fingerprint density at radius 3 is 2.38 bits per heavy atom. The lowest BCUT2D eigenvalue weighted by Crippen LogP contribution is -2.46. The van der Waals surface area contributed by atoms with Gasteiger partial charge in [0.15, 0.2) is 0 Å². The van der Waals surface area contributed by atoms with Gasteiger partial charge in [-0.1, -0.05) is 37.1 Å². The zero-order chi connectivity index (χ0) is 23.9. The Labute approximate surface area is 204 Å². The van der Waals surface area contributed by atoms with Crippen molar-refractivity contribution in [3.8, 4) is 11.5 Å². The van der Waals surface area contributed by atoms with E-state index in [-0.39, 0.29) is 24.3 Å².